The smallest absolute Gasteiger partial charge is 0.287 e. The Labute approximate surface area is 114 Å². The Morgan fingerprint density at radius 2 is 1.89 bits per heavy atom. The number of nitrogens with one attached hydrogen (secondary N) is 1. The molecule has 0 spiro atoms. The number of nitrogens with zero attached hydrogens (tertiary/aromatic N) is 4. The minimum Gasteiger partial charge on any atom is -0.390 e. The van der Waals surface area contributed by atoms with Crippen LogP contribution in [-0.2, 0) is 0 Å². The van der Waals surface area contributed by atoms with Crippen molar-refractivity contribution in [1.29, 1.82) is 0 Å². The van der Waals surface area contributed by atoms with Gasteiger partial charge in [0.1, 0.15) is 6.61 Å². The molecule has 19 heavy (non-hydrogen) atoms. The number of rotatable bonds is 7. The average Bonchev–Trinajstić information content (AvgIpc) is 2.37. The van der Waals surface area contributed by atoms with E-state index in [0.29, 0.717) is 19.0 Å². The van der Waals surface area contributed by atoms with Crippen LogP contribution in [0.1, 0.15) is 13.8 Å². The van der Waals surface area contributed by atoms with E-state index in [4.69, 9.17) is 16.7 Å². The summed E-state index contributed by atoms with van der Waals surface area (Å²) in [4.78, 5) is 13.5. The van der Waals surface area contributed by atoms with E-state index < -0.39 is 19.1 Å². The maximum Gasteiger partial charge on any atom is 0.287 e. The molecule has 0 aliphatic heterocycles. The van der Waals surface area contributed by atoms with E-state index in [1.54, 1.807) is 0 Å². The Balaban J connectivity index is 2.85. The van der Waals surface area contributed by atoms with Gasteiger partial charge < -0.3 is 15.3 Å². The maximum absolute atomic E-state index is 12.9. The molecule has 0 aliphatic carbocycles. The monoisotopic (exact) mass is 295 g/mol. The Morgan fingerprint density at radius 1 is 1.26 bits per heavy atom. The van der Waals surface area contributed by atoms with Crippen LogP contribution in [0.15, 0.2) is 0 Å². The van der Waals surface area contributed by atoms with E-state index >= 15 is 0 Å². The van der Waals surface area contributed by atoms with Crippen LogP contribution in [0.3, 0.4) is 0 Å². The fourth-order valence-corrected chi connectivity index (χ4v) is 1.49. The van der Waals surface area contributed by atoms with Crippen LogP contribution < -0.4 is 10.2 Å². The fraction of sp³-hybridized carbons (Fsp3) is 0.700. The number of hydrogen-bond acceptors (Lipinski definition) is 6. The summed E-state index contributed by atoms with van der Waals surface area (Å²) in [6.07, 6.45) is 0. The summed E-state index contributed by atoms with van der Waals surface area (Å²) in [6, 6.07) is 0. The molecule has 0 saturated heterocycles. The van der Waals surface area contributed by atoms with Gasteiger partial charge in [-0.1, -0.05) is 0 Å². The molecule has 0 atom stereocenters. The molecule has 0 fully saturated rings. The molecule has 0 saturated carbocycles. The van der Waals surface area contributed by atoms with Gasteiger partial charge in [-0.15, -0.1) is 0 Å². The molecule has 0 amide bonds. The van der Waals surface area contributed by atoms with E-state index in [2.05, 4.69) is 20.3 Å². The molecule has 0 bridgehead atoms. The fourth-order valence-electron chi connectivity index (χ4n) is 1.33. The van der Waals surface area contributed by atoms with Crippen molar-refractivity contribution in [3.05, 3.63) is 5.28 Å². The van der Waals surface area contributed by atoms with Crippen LogP contribution >= 0.6 is 11.6 Å². The molecule has 1 aromatic heterocycles. The summed E-state index contributed by atoms with van der Waals surface area (Å²) < 4.78 is 25.8. The predicted octanol–water partition coefficient (Wildman–Crippen LogP) is 1.41. The highest BCUT2D eigenvalue weighted by Gasteiger charge is 2.27. The Hall–Kier alpha value is -1.28. The summed E-state index contributed by atoms with van der Waals surface area (Å²) >= 11 is 5.73. The van der Waals surface area contributed by atoms with E-state index in [1.807, 2.05) is 18.7 Å². The van der Waals surface area contributed by atoms with Crippen molar-refractivity contribution in [1.82, 2.24) is 15.0 Å². The topological polar surface area (TPSA) is 74.2 Å². The number of aliphatic hydroxyl groups excluding tert-OH is 1. The first-order valence-electron chi connectivity index (χ1n) is 5.81. The Morgan fingerprint density at radius 3 is 2.42 bits per heavy atom. The molecular weight excluding hydrogens is 280 g/mol. The van der Waals surface area contributed by atoms with Crippen LogP contribution in [0, 0.1) is 0 Å². The third kappa shape index (κ3) is 4.71. The molecule has 6 nitrogen and oxygen atoms in total. The van der Waals surface area contributed by atoms with Crippen LogP contribution in [0.25, 0.3) is 0 Å². The zero-order valence-electron chi connectivity index (χ0n) is 10.7. The van der Waals surface area contributed by atoms with Crippen molar-refractivity contribution in [2.45, 2.75) is 19.8 Å². The molecule has 1 heterocycles. The van der Waals surface area contributed by atoms with Crippen LogP contribution in [-0.4, -0.2) is 52.2 Å². The lowest BCUT2D eigenvalue weighted by atomic mass is 10.3. The number of hydrogen-bond donors (Lipinski definition) is 2. The van der Waals surface area contributed by atoms with Crippen LogP contribution in [0.4, 0.5) is 20.7 Å². The number of aromatic nitrogens is 3. The molecule has 1 aromatic rings. The minimum absolute atomic E-state index is 0.0463. The second-order valence-electron chi connectivity index (χ2n) is 3.77. The van der Waals surface area contributed by atoms with Crippen molar-refractivity contribution in [3.63, 3.8) is 0 Å². The summed E-state index contributed by atoms with van der Waals surface area (Å²) in [5.41, 5.74) is 0. The van der Waals surface area contributed by atoms with Gasteiger partial charge in [-0.2, -0.15) is 15.0 Å². The first kappa shape index (κ1) is 15.8. The summed E-state index contributed by atoms with van der Waals surface area (Å²) in [5, 5.41) is 10.7. The van der Waals surface area contributed by atoms with Gasteiger partial charge in [0.25, 0.3) is 5.92 Å². The number of anilines is 2. The third-order valence-electron chi connectivity index (χ3n) is 2.38. The molecule has 0 radical (unpaired) electrons. The van der Waals surface area contributed by atoms with E-state index in [0.717, 1.165) is 0 Å². The standard InChI is InChI=1S/C10H16ClF2N5O/c1-3-18(4-2)9-16-7(11)15-8(17-9)14-5-10(12,13)6-19/h19H,3-6H2,1-2H3,(H,14,15,16,17). The quantitative estimate of drug-likeness (QED) is 0.792. The second kappa shape index (κ2) is 6.76. The van der Waals surface area contributed by atoms with E-state index in [1.165, 1.54) is 0 Å². The zero-order valence-corrected chi connectivity index (χ0v) is 11.5. The maximum atomic E-state index is 12.9. The Bertz CT molecular complexity index is 417. The van der Waals surface area contributed by atoms with Crippen molar-refractivity contribution in [3.8, 4) is 0 Å². The normalized spacial score (nSPS) is 11.5. The molecule has 108 valence electrons. The molecule has 0 aromatic carbocycles. The largest absolute Gasteiger partial charge is 0.390 e. The average molecular weight is 296 g/mol. The summed E-state index contributed by atoms with van der Waals surface area (Å²) in [6.45, 7) is 3.11. The number of aliphatic hydroxyl groups is 1. The number of halogens is 3. The molecule has 2 N–H and O–H groups in total. The van der Waals surface area contributed by atoms with Gasteiger partial charge in [-0.25, -0.2) is 8.78 Å². The zero-order chi connectivity index (χ0) is 14.5. The van der Waals surface area contributed by atoms with Crippen molar-refractivity contribution >= 4 is 23.5 Å². The Kier molecular flexibility index (Phi) is 5.61. The first-order valence-corrected chi connectivity index (χ1v) is 6.18. The highest BCUT2D eigenvalue weighted by atomic mass is 35.5. The third-order valence-corrected chi connectivity index (χ3v) is 2.55. The van der Waals surface area contributed by atoms with Crippen LogP contribution in [0.5, 0.6) is 0 Å². The number of alkyl halides is 2. The second-order valence-corrected chi connectivity index (χ2v) is 4.11. The lowest BCUT2D eigenvalue weighted by Crippen LogP contribution is -2.32. The van der Waals surface area contributed by atoms with Gasteiger partial charge in [0.05, 0.1) is 6.54 Å². The molecule has 0 unspecified atom stereocenters. The highest BCUT2D eigenvalue weighted by molar-refractivity contribution is 6.28. The molecule has 9 heteroatoms. The van der Waals surface area contributed by atoms with Gasteiger partial charge >= 0.3 is 0 Å². The van der Waals surface area contributed by atoms with Crippen molar-refractivity contribution in [2.75, 3.05) is 36.5 Å². The lowest BCUT2D eigenvalue weighted by Gasteiger charge is -2.19. The minimum atomic E-state index is -3.24. The highest BCUT2D eigenvalue weighted by Crippen LogP contribution is 2.16. The predicted molar refractivity (Wildman–Crippen MR) is 68.9 cm³/mol. The van der Waals surface area contributed by atoms with Gasteiger partial charge in [-0.05, 0) is 25.4 Å². The molecular formula is C10H16ClF2N5O. The SMILES string of the molecule is CCN(CC)c1nc(Cl)nc(NCC(F)(F)CO)n1. The van der Waals surface area contributed by atoms with E-state index in [9.17, 15) is 8.78 Å². The van der Waals surface area contributed by atoms with Gasteiger partial charge in [0.2, 0.25) is 17.2 Å². The van der Waals surface area contributed by atoms with E-state index in [-0.39, 0.29) is 11.2 Å². The summed E-state index contributed by atoms with van der Waals surface area (Å²) in [5.74, 6) is -2.97. The molecule has 1 rings (SSSR count). The van der Waals surface area contributed by atoms with Crippen molar-refractivity contribution in [2.24, 2.45) is 0 Å². The van der Waals surface area contributed by atoms with Gasteiger partial charge in [0.15, 0.2) is 0 Å². The first-order chi connectivity index (χ1) is 8.91. The van der Waals surface area contributed by atoms with Crippen LogP contribution in [0.2, 0.25) is 5.28 Å². The van der Waals surface area contributed by atoms with Gasteiger partial charge in [-0.3, -0.25) is 0 Å². The summed E-state index contributed by atoms with van der Waals surface area (Å²) in [7, 11) is 0. The molecule has 0 aliphatic rings. The van der Waals surface area contributed by atoms with Gasteiger partial charge in [0, 0.05) is 13.1 Å². The van der Waals surface area contributed by atoms with Crippen molar-refractivity contribution < 1.29 is 13.9 Å². The lowest BCUT2D eigenvalue weighted by molar-refractivity contribution is -0.0374.